The number of benzene rings is 1. The molecule has 0 spiro atoms. The van der Waals surface area contributed by atoms with Crippen LogP contribution in [0.5, 0.6) is 0 Å². The first-order chi connectivity index (χ1) is 10.1. The van der Waals surface area contributed by atoms with Crippen LogP contribution < -0.4 is 5.73 Å². The molecule has 0 aliphatic rings. The van der Waals surface area contributed by atoms with E-state index in [-0.39, 0.29) is 0 Å². The molecule has 2 aromatic heterocycles. The van der Waals surface area contributed by atoms with Crippen LogP contribution in [0.1, 0.15) is 5.56 Å². The third-order valence-corrected chi connectivity index (χ3v) is 3.75. The molecule has 0 radical (unpaired) electrons. The molecule has 0 aliphatic carbocycles. The van der Waals surface area contributed by atoms with Gasteiger partial charge in [0.15, 0.2) is 0 Å². The minimum absolute atomic E-state index is 0.621. The zero-order valence-corrected chi connectivity index (χ0v) is 12.6. The highest BCUT2D eigenvalue weighted by atomic mass is 35.5. The monoisotopic (exact) mass is 298 g/mol. The molecule has 0 bridgehead atoms. The summed E-state index contributed by atoms with van der Waals surface area (Å²) < 4.78 is 1.69. The van der Waals surface area contributed by atoms with Crippen LogP contribution in [0, 0.1) is 6.92 Å². The molecule has 2 heterocycles. The number of hydrogen-bond donors (Lipinski definition) is 1. The van der Waals surface area contributed by atoms with E-state index in [4.69, 9.17) is 17.3 Å². The summed E-state index contributed by atoms with van der Waals surface area (Å²) in [5, 5.41) is 5.25. The van der Waals surface area contributed by atoms with Crippen molar-refractivity contribution in [3.63, 3.8) is 0 Å². The third kappa shape index (κ3) is 2.38. The van der Waals surface area contributed by atoms with E-state index in [1.807, 2.05) is 44.3 Å². The van der Waals surface area contributed by atoms with Gasteiger partial charge in [-0.05, 0) is 42.3 Å². The molecule has 4 nitrogen and oxygen atoms in total. The lowest BCUT2D eigenvalue weighted by Crippen LogP contribution is -1.97. The van der Waals surface area contributed by atoms with Crippen molar-refractivity contribution >= 4 is 17.4 Å². The number of nitrogens with zero attached hydrogens (tertiary/aromatic N) is 3. The van der Waals surface area contributed by atoms with Crippen molar-refractivity contribution in [3.8, 4) is 22.4 Å². The van der Waals surface area contributed by atoms with Gasteiger partial charge in [0, 0.05) is 30.0 Å². The Morgan fingerprint density at radius 3 is 2.57 bits per heavy atom. The third-order valence-electron chi connectivity index (χ3n) is 3.52. The lowest BCUT2D eigenvalue weighted by Gasteiger charge is -2.07. The van der Waals surface area contributed by atoms with E-state index in [2.05, 4.69) is 10.1 Å². The van der Waals surface area contributed by atoms with Crippen molar-refractivity contribution in [3.05, 3.63) is 53.3 Å². The maximum atomic E-state index is 6.21. The van der Waals surface area contributed by atoms with Gasteiger partial charge in [0.05, 0.1) is 5.56 Å². The number of rotatable bonds is 2. The smallest absolute Gasteiger partial charge is 0.129 e. The Morgan fingerprint density at radius 2 is 1.86 bits per heavy atom. The molecule has 0 unspecified atom stereocenters. The summed E-state index contributed by atoms with van der Waals surface area (Å²) >= 11 is 6.14. The molecule has 1 aromatic carbocycles. The Balaban J connectivity index is 2.29. The van der Waals surface area contributed by atoms with Crippen LogP contribution in [-0.4, -0.2) is 14.8 Å². The van der Waals surface area contributed by atoms with E-state index in [0.29, 0.717) is 10.8 Å². The fourth-order valence-corrected chi connectivity index (χ4v) is 2.55. The molecular weight excluding hydrogens is 284 g/mol. The van der Waals surface area contributed by atoms with Crippen LogP contribution >= 0.6 is 11.6 Å². The fourth-order valence-electron chi connectivity index (χ4n) is 2.38. The lowest BCUT2D eigenvalue weighted by atomic mass is 9.98. The first-order valence-corrected chi connectivity index (χ1v) is 6.95. The molecular formula is C16H15ClN4. The van der Waals surface area contributed by atoms with Crippen LogP contribution in [-0.2, 0) is 7.05 Å². The molecule has 106 valence electrons. The van der Waals surface area contributed by atoms with Gasteiger partial charge in [-0.25, -0.2) is 0 Å². The van der Waals surface area contributed by atoms with Crippen molar-refractivity contribution in [2.75, 3.05) is 5.73 Å². The minimum Gasteiger partial charge on any atom is -0.383 e. The Morgan fingerprint density at radius 1 is 1.14 bits per heavy atom. The highest BCUT2D eigenvalue weighted by molar-refractivity contribution is 6.30. The highest BCUT2D eigenvalue weighted by Crippen LogP contribution is 2.37. The SMILES string of the molecule is Cc1ccc(Cl)cc1-c1nn(C)c(N)c1-c1ccncc1. The first-order valence-electron chi connectivity index (χ1n) is 6.57. The van der Waals surface area contributed by atoms with Gasteiger partial charge in [0.25, 0.3) is 0 Å². The van der Waals surface area contributed by atoms with Crippen molar-refractivity contribution in [2.24, 2.45) is 7.05 Å². The van der Waals surface area contributed by atoms with Crippen LogP contribution in [0.25, 0.3) is 22.4 Å². The normalized spacial score (nSPS) is 10.8. The average molecular weight is 299 g/mol. The highest BCUT2D eigenvalue weighted by Gasteiger charge is 2.18. The summed E-state index contributed by atoms with van der Waals surface area (Å²) in [4.78, 5) is 4.05. The second kappa shape index (κ2) is 5.22. The number of anilines is 1. The van der Waals surface area contributed by atoms with Gasteiger partial charge in [-0.2, -0.15) is 5.10 Å². The van der Waals surface area contributed by atoms with Gasteiger partial charge < -0.3 is 5.73 Å². The second-order valence-electron chi connectivity index (χ2n) is 4.93. The van der Waals surface area contributed by atoms with E-state index < -0.39 is 0 Å². The standard InChI is InChI=1S/C16H15ClN4/c1-10-3-4-12(17)9-13(10)15-14(16(18)21(2)20-15)11-5-7-19-8-6-11/h3-9H,18H2,1-2H3. The van der Waals surface area contributed by atoms with Crippen LogP contribution in [0.15, 0.2) is 42.7 Å². The Hall–Kier alpha value is -2.33. The van der Waals surface area contributed by atoms with Crippen molar-refractivity contribution in [1.29, 1.82) is 0 Å². The molecule has 0 saturated heterocycles. The number of halogens is 1. The number of aryl methyl sites for hydroxylation is 2. The number of pyridine rings is 1. The topological polar surface area (TPSA) is 56.7 Å². The first kappa shape index (κ1) is 13.6. The van der Waals surface area contributed by atoms with Gasteiger partial charge >= 0.3 is 0 Å². The predicted molar refractivity (Wildman–Crippen MR) is 86.0 cm³/mol. The summed E-state index contributed by atoms with van der Waals surface area (Å²) in [6, 6.07) is 9.63. The summed E-state index contributed by atoms with van der Waals surface area (Å²) in [5.74, 6) is 0.621. The Kier molecular flexibility index (Phi) is 3.39. The summed E-state index contributed by atoms with van der Waals surface area (Å²) in [6.07, 6.45) is 3.49. The number of nitrogen functional groups attached to an aromatic ring is 1. The van der Waals surface area contributed by atoms with E-state index in [9.17, 15) is 0 Å². The largest absolute Gasteiger partial charge is 0.383 e. The Bertz CT molecular complexity index is 794. The maximum absolute atomic E-state index is 6.21. The van der Waals surface area contributed by atoms with E-state index >= 15 is 0 Å². The van der Waals surface area contributed by atoms with Crippen LogP contribution in [0.4, 0.5) is 5.82 Å². The number of nitrogens with two attached hydrogens (primary N) is 1. The molecule has 0 saturated carbocycles. The van der Waals surface area contributed by atoms with Gasteiger partial charge in [-0.3, -0.25) is 9.67 Å². The molecule has 0 fully saturated rings. The second-order valence-corrected chi connectivity index (χ2v) is 5.36. The van der Waals surface area contributed by atoms with Crippen LogP contribution in [0.2, 0.25) is 5.02 Å². The molecule has 0 amide bonds. The molecule has 3 aromatic rings. The zero-order chi connectivity index (χ0) is 15.0. The predicted octanol–water partition coefficient (Wildman–Crippen LogP) is 3.69. The van der Waals surface area contributed by atoms with Crippen molar-refractivity contribution < 1.29 is 0 Å². The average Bonchev–Trinajstić information content (AvgIpc) is 2.78. The Labute approximate surface area is 128 Å². The fraction of sp³-hybridized carbons (Fsp3) is 0.125. The summed E-state index contributed by atoms with van der Waals surface area (Å²) in [7, 11) is 1.84. The lowest BCUT2D eigenvalue weighted by molar-refractivity contribution is 0.782. The van der Waals surface area contributed by atoms with Gasteiger partial charge in [-0.15, -0.1) is 0 Å². The molecule has 0 aliphatic heterocycles. The van der Waals surface area contributed by atoms with Gasteiger partial charge in [0.2, 0.25) is 0 Å². The van der Waals surface area contributed by atoms with Crippen molar-refractivity contribution in [1.82, 2.24) is 14.8 Å². The molecule has 5 heteroatoms. The van der Waals surface area contributed by atoms with Gasteiger partial charge in [-0.1, -0.05) is 17.7 Å². The molecule has 3 rings (SSSR count). The molecule has 0 atom stereocenters. The molecule has 2 N–H and O–H groups in total. The van der Waals surface area contributed by atoms with E-state index in [0.717, 1.165) is 27.9 Å². The van der Waals surface area contributed by atoms with E-state index in [1.165, 1.54) is 0 Å². The number of hydrogen-bond acceptors (Lipinski definition) is 3. The zero-order valence-electron chi connectivity index (χ0n) is 11.8. The van der Waals surface area contributed by atoms with Crippen LogP contribution in [0.3, 0.4) is 0 Å². The van der Waals surface area contributed by atoms with E-state index in [1.54, 1.807) is 17.1 Å². The van der Waals surface area contributed by atoms with Crippen molar-refractivity contribution in [2.45, 2.75) is 6.92 Å². The minimum atomic E-state index is 0.621. The summed E-state index contributed by atoms with van der Waals surface area (Å²) in [6.45, 7) is 2.03. The quantitative estimate of drug-likeness (QED) is 0.785. The molecule has 21 heavy (non-hydrogen) atoms. The van der Waals surface area contributed by atoms with Gasteiger partial charge in [0.1, 0.15) is 11.5 Å². The number of aromatic nitrogens is 3. The summed E-state index contributed by atoms with van der Waals surface area (Å²) in [5.41, 5.74) is 11.0. The maximum Gasteiger partial charge on any atom is 0.129 e.